The molecule has 0 aliphatic heterocycles. The van der Waals surface area contributed by atoms with Crippen LogP contribution in [0.2, 0.25) is 0 Å². The molecule has 0 amide bonds. The van der Waals surface area contributed by atoms with Crippen LogP contribution in [0, 0.1) is 17.6 Å². The topological polar surface area (TPSA) is 19.4 Å². The summed E-state index contributed by atoms with van der Waals surface area (Å²) in [7, 11) is 5.59. The van der Waals surface area contributed by atoms with Crippen LogP contribution >= 0.6 is 0 Å². The minimum Gasteiger partial charge on any atom is -0.355 e. The van der Waals surface area contributed by atoms with Crippen molar-refractivity contribution in [2.24, 2.45) is 0 Å². The van der Waals surface area contributed by atoms with E-state index in [-0.39, 0.29) is 11.4 Å². The molecule has 1 fully saturated rings. The molecule has 0 N–H and O–H groups in total. The van der Waals surface area contributed by atoms with Gasteiger partial charge in [-0.1, -0.05) is 0 Å². The Morgan fingerprint density at radius 2 is 1.79 bits per heavy atom. The summed E-state index contributed by atoms with van der Waals surface area (Å²) in [5, 5.41) is 0. The largest absolute Gasteiger partial charge is 0.355 e. The molecule has 0 unspecified atom stereocenters. The van der Waals surface area contributed by atoms with Crippen molar-refractivity contribution in [2.75, 3.05) is 32.6 Å². The van der Waals surface area contributed by atoms with Crippen LogP contribution in [0.5, 0.6) is 0 Å². The fourth-order valence-corrected chi connectivity index (χ4v) is 2.55. The Morgan fingerprint density at radius 3 is 2.26 bits per heavy atom. The van der Waals surface area contributed by atoms with Crippen LogP contribution in [-0.4, -0.2) is 43.1 Å². The predicted octanol–water partition coefficient (Wildman–Crippen LogP) is 2.42. The lowest BCUT2D eigenvalue weighted by molar-refractivity contribution is 0.0680. The van der Waals surface area contributed by atoms with E-state index in [4.69, 9.17) is 0 Å². The van der Waals surface area contributed by atoms with Crippen LogP contribution in [0.25, 0.3) is 0 Å². The summed E-state index contributed by atoms with van der Waals surface area (Å²) in [6, 6.07) is 0.539. The number of likely N-dealkylation sites (N-methyl/N-ethyl adjacent to an activating group) is 2. The Labute approximate surface area is 111 Å². The van der Waals surface area contributed by atoms with Crippen LogP contribution in [0.3, 0.4) is 0 Å². The van der Waals surface area contributed by atoms with E-state index in [1.165, 1.54) is 0 Å². The first-order valence-electron chi connectivity index (χ1n) is 6.26. The summed E-state index contributed by atoms with van der Waals surface area (Å²) >= 11 is 0. The molecular weight excluding hydrogens is 255 g/mol. The van der Waals surface area contributed by atoms with Gasteiger partial charge in [0.2, 0.25) is 0 Å². The molecule has 106 valence electrons. The highest BCUT2D eigenvalue weighted by Gasteiger charge is 2.40. The first-order valence-corrected chi connectivity index (χ1v) is 6.26. The van der Waals surface area contributed by atoms with Crippen LogP contribution in [-0.2, 0) is 0 Å². The highest BCUT2D eigenvalue weighted by Crippen LogP contribution is 2.37. The molecule has 1 saturated carbocycles. The summed E-state index contributed by atoms with van der Waals surface area (Å²) in [5.74, 6) is -3.52. The van der Waals surface area contributed by atoms with Crippen molar-refractivity contribution < 1.29 is 13.2 Å². The molecule has 6 heteroatoms. The monoisotopic (exact) mass is 273 g/mol. The average molecular weight is 273 g/mol. The molecule has 19 heavy (non-hydrogen) atoms. The zero-order chi connectivity index (χ0) is 14.2. The SMILES string of the molecule is CN(CC1(N(C)C)CCC1)c1nc(F)c(F)cc1F. The van der Waals surface area contributed by atoms with Crippen molar-refractivity contribution in [2.45, 2.75) is 24.8 Å². The Hall–Kier alpha value is -1.30. The normalized spacial score (nSPS) is 17.4. The first kappa shape index (κ1) is 14.1. The number of hydrogen-bond donors (Lipinski definition) is 0. The van der Waals surface area contributed by atoms with Gasteiger partial charge >= 0.3 is 0 Å². The summed E-state index contributed by atoms with van der Waals surface area (Å²) in [6.07, 6.45) is 3.14. The van der Waals surface area contributed by atoms with Crippen molar-refractivity contribution in [3.8, 4) is 0 Å². The molecule has 0 radical (unpaired) electrons. The number of halogens is 3. The molecule has 1 aromatic heterocycles. The minimum atomic E-state index is -1.27. The standard InChI is InChI=1S/C13H18F3N3/c1-18(2)13(5-4-6-13)8-19(3)12-10(15)7-9(14)11(16)17-12/h7H,4-6,8H2,1-3H3. The van der Waals surface area contributed by atoms with Gasteiger partial charge in [-0.2, -0.15) is 9.37 Å². The second-order valence-electron chi connectivity index (χ2n) is 5.39. The van der Waals surface area contributed by atoms with E-state index < -0.39 is 17.6 Å². The molecule has 0 atom stereocenters. The molecule has 0 spiro atoms. The van der Waals surface area contributed by atoms with Gasteiger partial charge in [0.25, 0.3) is 5.95 Å². The zero-order valence-corrected chi connectivity index (χ0v) is 11.4. The van der Waals surface area contributed by atoms with Crippen LogP contribution in [0.15, 0.2) is 6.07 Å². The van der Waals surface area contributed by atoms with Gasteiger partial charge in [0.1, 0.15) is 0 Å². The number of anilines is 1. The maximum atomic E-state index is 13.7. The Balaban J connectivity index is 2.20. The van der Waals surface area contributed by atoms with Gasteiger partial charge in [0.05, 0.1) is 0 Å². The zero-order valence-electron chi connectivity index (χ0n) is 11.4. The van der Waals surface area contributed by atoms with Gasteiger partial charge in [-0.15, -0.1) is 0 Å². The number of aromatic nitrogens is 1. The number of pyridine rings is 1. The lowest BCUT2D eigenvalue weighted by atomic mass is 9.75. The third kappa shape index (κ3) is 2.54. The van der Waals surface area contributed by atoms with E-state index in [0.29, 0.717) is 12.6 Å². The van der Waals surface area contributed by atoms with Gasteiger partial charge in [0.15, 0.2) is 17.5 Å². The lowest BCUT2D eigenvalue weighted by Crippen LogP contribution is -2.57. The van der Waals surface area contributed by atoms with E-state index in [1.807, 2.05) is 14.1 Å². The van der Waals surface area contributed by atoms with E-state index >= 15 is 0 Å². The highest BCUT2D eigenvalue weighted by molar-refractivity contribution is 5.40. The van der Waals surface area contributed by atoms with Gasteiger partial charge in [-0.25, -0.2) is 8.78 Å². The molecule has 0 bridgehead atoms. The van der Waals surface area contributed by atoms with Gasteiger partial charge in [0, 0.05) is 25.2 Å². The van der Waals surface area contributed by atoms with Crippen LogP contribution in [0.1, 0.15) is 19.3 Å². The van der Waals surface area contributed by atoms with Gasteiger partial charge in [-0.05, 0) is 33.4 Å². The van der Waals surface area contributed by atoms with Gasteiger partial charge in [-0.3, -0.25) is 0 Å². The van der Waals surface area contributed by atoms with Crippen molar-refractivity contribution in [3.05, 3.63) is 23.6 Å². The minimum absolute atomic E-state index is 0.0340. The number of rotatable bonds is 4. The molecule has 1 heterocycles. The molecule has 3 nitrogen and oxygen atoms in total. The fourth-order valence-electron chi connectivity index (χ4n) is 2.55. The fraction of sp³-hybridized carbons (Fsp3) is 0.615. The Morgan fingerprint density at radius 1 is 1.16 bits per heavy atom. The first-order chi connectivity index (χ1) is 8.85. The van der Waals surface area contributed by atoms with Crippen molar-refractivity contribution in [1.82, 2.24) is 9.88 Å². The van der Waals surface area contributed by atoms with Crippen molar-refractivity contribution in [1.29, 1.82) is 0 Å². The van der Waals surface area contributed by atoms with E-state index in [1.54, 1.807) is 11.9 Å². The summed E-state index contributed by atoms with van der Waals surface area (Å²) in [6.45, 7) is 0.537. The molecule has 1 aromatic rings. The molecule has 0 saturated heterocycles. The number of nitrogens with zero attached hydrogens (tertiary/aromatic N) is 3. The molecular formula is C13H18F3N3. The number of hydrogen-bond acceptors (Lipinski definition) is 3. The van der Waals surface area contributed by atoms with E-state index in [0.717, 1.165) is 19.3 Å². The highest BCUT2D eigenvalue weighted by atomic mass is 19.2. The maximum absolute atomic E-state index is 13.7. The third-order valence-corrected chi connectivity index (χ3v) is 3.99. The summed E-state index contributed by atoms with van der Waals surface area (Å²) < 4.78 is 39.6. The lowest BCUT2D eigenvalue weighted by Gasteiger charge is -2.49. The average Bonchev–Trinajstić information content (AvgIpc) is 2.27. The van der Waals surface area contributed by atoms with E-state index in [9.17, 15) is 13.2 Å². The van der Waals surface area contributed by atoms with Crippen molar-refractivity contribution >= 4 is 5.82 Å². The van der Waals surface area contributed by atoms with Gasteiger partial charge < -0.3 is 9.80 Å². The van der Waals surface area contributed by atoms with E-state index in [2.05, 4.69) is 9.88 Å². The van der Waals surface area contributed by atoms with Crippen LogP contribution < -0.4 is 4.90 Å². The second-order valence-corrected chi connectivity index (χ2v) is 5.39. The Bertz CT molecular complexity index is 472. The predicted molar refractivity (Wildman–Crippen MR) is 67.7 cm³/mol. The molecule has 1 aliphatic carbocycles. The summed E-state index contributed by atoms with van der Waals surface area (Å²) in [5.41, 5.74) is -0.0340. The smallest absolute Gasteiger partial charge is 0.251 e. The maximum Gasteiger partial charge on any atom is 0.251 e. The van der Waals surface area contributed by atoms with Crippen molar-refractivity contribution in [3.63, 3.8) is 0 Å². The third-order valence-electron chi connectivity index (χ3n) is 3.99. The molecule has 0 aromatic carbocycles. The molecule has 2 rings (SSSR count). The summed E-state index contributed by atoms with van der Waals surface area (Å²) in [4.78, 5) is 7.02. The Kier molecular flexibility index (Phi) is 3.71. The quantitative estimate of drug-likeness (QED) is 0.785. The second kappa shape index (κ2) is 5.00. The molecule has 1 aliphatic rings. The van der Waals surface area contributed by atoms with Crippen LogP contribution in [0.4, 0.5) is 19.0 Å².